The Kier molecular flexibility index (Phi) is 3.94. The summed E-state index contributed by atoms with van der Waals surface area (Å²) in [5, 5.41) is 16.4. The third-order valence-electron chi connectivity index (χ3n) is 0.714. The van der Waals surface area contributed by atoms with Crippen LogP contribution in [0, 0.1) is 6.42 Å². The molecule has 0 aliphatic carbocycles. The average molecular weight is 101 g/mol. The number of rotatable bonds is 3. The van der Waals surface area contributed by atoms with E-state index < -0.39 is 7.12 Å². The van der Waals surface area contributed by atoms with Gasteiger partial charge in [-0.05, 0) is 0 Å². The fourth-order valence-corrected chi connectivity index (χ4v) is 0.316. The zero-order valence-electron chi connectivity index (χ0n) is 4.46. The first-order chi connectivity index (χ1) is 3.27. The Morgan fingerprint density at radius 1 is 1.57 bits per heavy atom. The molecule has 2 N–H and O–H groups in total. The highest BCUT2D eigenvalue weighted by atomic mass is 16.4. The van der Waals surface area contributed by atoms with Gasteiger partial charge in [-0.3, -0.25) is 0 Å². The van der Waals surface area contributed by atoms with Gasteiger partial charge in [0, 0.05) is 6.32 Å². The summed E-state index contributed by atoms with van der Waals surface area (Å²) in [6.07, 6.45) is 3.13. The molecule has 0 aromatic carbocycles. The van der Waals surface area contributed by atoms with E-state index in [1.54, 1.807) is 0 Å². The van der Waals surface area contributed by atoms with Gasteiger partial charge in [0.2, 0.25) is 0 Å². The van der Waals surface area contributed by atoms with Gasteiger partial charge in [0.1, 0.15) is 0 Å². The molecule has 40 valence electrons. The predicted octanol–water partition coefficient (Wildman–Crippen LogP) is 0.0735. The largest absolute Gasteiger partial charge is 0.455 e. The van der Waals surface area contributed by atoms with Gasteiger partial charge >= 0.3 is 7.12 Å². The lowest BCUT2D eigenvalue weighted by Gasteiger charge is -1.86. The van der Waals surface area contributed by atoms with Crippen LogP contribution in [0.25, 0.3) is 0 Å². The molecule has 0 spiro atoms. The van der Waals surface area contributed by atoms with Crippen molar-refractivity contribution in [2.24, 2.45) is 0 Å². The maximum absolute atomic E-state index is 8.22. The quantitative estimate of drug-likeness (QED) is 0.390. The molecule has 0 saturated heterocycles. The molecule has 0 aromatic rings. The lowest BCUT2D eigenvalue weighted by atomic mass is 9.84. The minimum absolute atomic E-state index is 0.455. The van der Waals surface area contributed by atoms with Crippen molar-refractivity contribution in [1.82, 2.24) is 0 Å². The fraction of sp³-hybridized carbons (Fsp3) is 0.750. The summed E-state index contributed by atoms with van der Waals surface area (Å²) < 4.78 is 0. The van der Waals surface area contributed by atoms with E-state index in [1.807, 2.05) is 13.3 Å². The van der Waals surface area contributed by atoms with Crippen LogP contribution in [0.2, 0.25) is 6.32 Å². The summed E-state index contributed by atoms with van der Waals surface area (Å²) in [5.41, 5.74) is 0. The van der Waals surface area contributed by atoms with Gasteiger partial charge in [-0.2, -0.15) is 0 Å². The van der Waals surface area contributed by atoms with Crippen LogP contribution in [0.3, 0.4) is 0 Å². The molecule has 3 heteroatoms. The van der Waals surface area contributed by atoms with Crippen molar-refractivity contribution < 1.29 is 10.0 Å². The molecule has 0 unspecified atom stereocenters. The van der Waals surface area contributed by atoms with Crippen LogP contribution in [-0.4, -0.2) is 17.2 Å². The molecule has 0 aliphatic heterocycles. The van der Waals surface area contributed by atoms with E-state index in [2.05, 4.69) is 0 Å². The SMILES string of the molecule is C[CH+]CCB(O)O. The first-order valence-electron chi connectivity index (χ1n) is 2.41. The van der Waals surface area contributed by atoms with Crippen molar-refractivity contribution >= 4 is 7.12 Å². The Morgan fingerprint density at radius 2 is 2.14 bits per heavy atom. The molecule has 0 rings (SSSR count). The van der Waals surface area contributed by atoms with Crippen molar-refractivity contribution in [1.29, 1.82) is 0 Å². The smallest absolute Gasteiger partial charge is 0.427 e. The van der Waals surface area contributed by atoms with Crippen LogP contribution in [-0.2, 0) is 0 Å². The van der Waals surface area contributed by atoms with Gasteiger partial charge < -0.3 is 10.0 Å². The van der Waals surface area contributed by atoms with Crippen LogP contribution in [0.4, 0.5) is 0 Å². The summed E-state index contributed by atoms with van der Waals surface area (Å²) in [4.78, 5) is 0. The summed E-state index contributed by atoms with van der Waals surface area (Å²) in [6, 6.07) is 0. The summed E-state index contributed by atoms with van der Waals surface area (Å²) in [5.74, 6) is 0. The maximum Gasteiger partial charge on any atom is 0.455 e. The molecule has 0 heterocycles. The van der Waals surface area contributed by atoms with E-state index in [9.17, 15) is 0 Å². The molecule has 0 amide bonds. The zero-order valence-corrected chi connectivity index (χ0v) is 4.46. The van der Waals surface area contributed by atoms with E-state index in [0.717, 1.165) is 6.42 Å². The van der Waals surface area contributed by atoms with Crippen molar-refractivity contribution in [3.8, 4) is 0 Å². The van der Waals surface area contributed by atoms with E-state index in [1.165, 1.54) is 0 Å². The second-order valence-electron chi connectivity index (χ2n) is 1.47. The lowest BCUT2D eigenvalue weighted by molar-refractivity contribution is 0.405. The molecule has 0 radical (unpaired) electrons. The van der Waals surface area contributed by atoms with E-state index in [-0.39, 0.29) is 0 Å². The second-order valence-corrected chi connectivity index (χ2v) is 1.47. The van der Waals surface area contributed by atoms with Crippen molar-refractivity contribution in [3.05, 3.63) is 6.42 Å². The maximum atomic E-state index is 8.22. The standard InChI is InChI=1S/C4H10BO2/c1-2-3-4-5(6)7/h2,6-7H,3-4H2,1H3/q+1. The summed E-state index contributed by atoms with van der Waals surface area (Å²) >= 11 is 0. The number of unbranched alkanes of at least 4 members (excludes halogenated alkanes) is 1. The molecule has 0 aromatic heterocycles. The van der Waals surface area contributed by atoms with Crippen LogP contribution in [0.1, 0.15) is 13.3 Å². The average Bonchev–Trinajstić information content (AvgIpc) is 1.61. The highest BCUT2D eigenvalue weighted by Gasteiger charge is 2.06. The van der Waals surface area contributed by atoms with E-state index in [0.29, 0.717) is 6.32 Å². The Balaban J connectivity index is 2.68. The third kappa shape index (κ3) is 5.85. The van der Waals surface area contributed by atoms with Gasteiger partial charge in [0.25, 0.3) is 0 Å². The molecular formula is C4H10BO2+. The highest BCUT2D eigenvalue weighted by molar-refractivity contribution is 6.40. The fourth-order valence-electron chi connectivity index (χ4n) is 0.316. The van der Waals surface area contributed by atoms with Crippen molar-refractivity contribution in [3.63, 3.8) is 0 Å². The Hall–Kier alpha value is -0.145. The van der Waals surface area contributed by atoms with Gasteiger partial charge in [0.05, 0.1) is 19.8 Å². The second kappa shape index (κ2) is 4.03. The first kappa shape index (κ1) is 6.85. The minimum atomic E-state index is -1.13. The summed E-state index contributed by atoms with van der Waals surface area (Å²) in [7, 11) is -1.13. The predicted molar refractivity (Wildman–Crippen MR) is 29.6 cm³/mol. The van der Waals surface area contributed by atoms with Crippen LogP contribution in [0.15, 0.2) is 0 Å². The number of hydrogen-bond donors (Lipinski definition) is 2. The Labute approximate surface area is 44.3 Å². The van der Waals surface area contributed by atoms with Crippen LogP contribution < -0.4 is 0 Å². The third-order valence-corrected chi connectivity index (χ3v) is 0.714. The normalized spacial score (nSPS) is 8.43. The first-order valence-corrected chi connectivity index (χ1v) is 2.41. The van der Waals surface area contributed by atoms with Gasteiger partial charge in [0.15, 0.2) is 0 Å². The molecule has 0 bridgehead atoms. The lowest BCUT2D eigenvalue weighted by Crippen LogP contribution is -2.08. The molecule has 0 aliphatic rings. The van der Waals surface area contributed by atoms with Crippen molar-refractivity contribution in [2.75, 3.05) is 0 Å². The number of hydrogen-bond acceptors (Lipinski definition) is 2. The minimum Gasteiger partial charge on any atom is -0.427 e. The molecule has 0 atom stereocenters. The zero-order chi connectivity index (χ0) is 5.70. The van der Waals surface area contributed by atoms with E-state index >= 15 is 0 Å². The highest BCUT2D eigenvalue weighted by Crippen LogP contribution is 1.93. The van der Waals surface area contributed by atoms with E-state index in [4.69, 9.17) is 10.0 Å². The summed E-state index contributed by atoms with van der Waals surface area (Å²) in [6.45, 7) is 1.89. The van der Waals surface area contributed by atoms with Gasteiger partial charge in [-0.15, -0.1) is 0 Å². The topological polar surface area (TPSA) is 40.5 Å². The Bertz CT molecular complexity index is 38.7. The monoisotopic (exact) mass is 101 g/mol. The molecule has 7 heavy (non-hydrogen) atoms. The molecule has 0 saturated carbocycles. The van der Waals surface area contributed by atoms with Crippen molar-refractivity contribution in [2.45, 2.75) is 19.7 Å². The van der Waals surface area contributed by atoms with Gasteiger partial charge in [-0.25, -0.2) is 0 Å². The molecule has 0 fully saturated rings. The van der Waals surface area contributed by atoms with Gasteiger partial charge in [-0.1, -0.05) is 0 Å². The Morgan fingerprint density at radius 3 is 2.29 bits per heavy atom. The molecular weight excluding hydrogens is 90.9 g/mol. The molecule has 2 nitrogen and oxygen atoms in total. The van der Waals surface area contributed by atoms with Crippen LogP contribution >= 0.6 is 0 Å². The van der Waals surface area contributed by atoms with Crippen LogP contribution in [0.5, 0.6) is 0 Å².